The normalized spacial score (nSPS) is 11.5. The number of hydrogen-bond acceptors (Lipinski definition) is 2. The van der Waals surface area contributed by atoms with Crippen molar-refractivity contribution in [2.75, 3.05) is 0 Å². The van der Waals surface area contributed by atoms with Crippen molar-refractivity contribution in [3.63, 3.8) is 0 Å². The Morgan fingerprint density at radius 2 is 2.09 bits per heavy atom. The van der Waals surface area contributed by atoms with E-state index in [2.05, 4.69) is 6.07 Å². The average molecular weight is 191 g/mol. The number of benzene rings is 1. The Morgan fingerprint density at radius 3 is 2.45 bits per heavy atom. The molecule has 0 heterocycles. The molecule has 0 unspecified atom stereocenters. The third kappa shape index (κ3) is 2.18. The topological polar surface area (TPSA) is 60.2 Å². The van der Waals surface area contributed by atoms with Crippen LogP contribution in [-0.2, 0) is 10.0 Å². The molecular weight excluding hydrogens is 186 g/mol. The summed E-state index contributed by atoms with van der Waals surface area (Å²) in [4.78, 5) is 0.0156. The molecule has 1 radical (unpaired) electrons. The van der Waals surface area contributed by atoms with E-state index in [4.69, 9.17) is 16.7 Å². The number of nitrogens with two attached hydrogens (primary N) is 1. The van der Waals surface area contributed by atoms with Gasteiger partial charge in [0.1, 0.15) is 0 Å². The zero-order valence-corrected chi connectivity index (χ0v) is 6.98. The molecule has 0 atom stereocenters. The van der Waals surface area contributed by atoms with Crippen molar-refractivity contribution in [3.8, 4) is 0 Å². The van der Waals surface area contributed by atoms with Gasteiger partial charge in [0.25, 0.3) is 0 Å². The van der Waals surface area contributed by atoms with Crippen LogP contribution in [-0.4, -0.2) is 8.42 Å². The molecule has 1 rings (SSSR count). The second-order valence-electron chi connectivity index (χ2n) is 1.92. The maximum atomic E-state index is 10.7. The van der Waals surface area contributed by atoms with Crippen molar-refractivity contribution in [1.82, 2.24) is 0 Å². The van der Waals surface area contributed by atoms with E-state index < -0.39 is 10.0 Å². The van der Waals surface area contributed by atoms with Crippen molar-refractivity contribution in [2.45, 2.75) is 4.90 Å². The Morgan fingerprint density at radius 1 is 1.45 bits per heavy atom. The second-order valence-corrected chi connectivity index (χ2v) is 3.89. The van der Waals surface area contributed by atoms with E-state index in [0.717, 1.165) is 0 Å². The van der Waals surface area contributed by atoms with E-state index in [1.54, 1.807) is 0 Å². The number of hydrogen-bond donors (Lipinski definition) is 1. The number of rotatable bonds is 1. The fourth-order valence-electron chi connectivity index (χ4n) is 0.569. The maximum absolute atomic E-state index is 10.7. The minimum absolute atomic E-state index is 0.0156. The highest BCUT2D eigenvalue weighted by atomic mass is 35.5. The molecule has 0 bridgehead atoms. The van der Waals surface area contributed by atoms with Gasteiger partial charge in [0.05, 0.1) is 4.90 Å². The zero-order chi connectivity index (χ0) is 8.48. The Labute approximate surface area is 69.8 Å². The molecule has 0 fully saturated rings. The van der Waals surface area contributed by atoms with Crippen LogP contribution in [0.15, 0.2) is 23.1 Å². The zero-order valence-electron chi connectivity index (χ0n) is 5.41. The third-order valence-corrected chi connectivity index (χ3v) is 2.22. The number of halogens is 1. The lowest BCUT2D eigenvalue weighted by molar-refractivity contribution is 0.598. The van der Waals surface area contributed by atoms with Gasteiger partial charge in [0, 0.05) is 11.1 Å². The molecule has 0 aliphatic rings. The standard InChI is InChI=1S/C6H5ClNO2S/c7-5-1-3-6(4-2-5)11(8,9)10/h1,3-4H,(H2,8,9,10). The Bertz CT molecular complexity index is 343. The van der Waals surface area contributed by atoms with Gasteiger partial charge in [-0.3, -0.25) is 0 Å². The summed E-state index contributed by atoms with van der Waals surface area (Å²) >= 11 is 5.47. The van der Waals surface area contributed by atoms with E-state index in [1.807, 2.05) is 0 Å². The van der Waals surface area contributed by atoms with Crippen molar-refractivity contribution < 1.29 is 8.42 Å². The van der Waals surface area contributed by atoms with Gasteiger partial charge in [-0.05, 0) is 18.2 Å². The minimum atomic E-state index is -3.61. The van der Waals surface area contributed by atoms with Crippen LogP contribution in [0.5, 0.6) is 0 Å². The Hall–Kier alpha value is -0.580. The smallest absolute Gasteiger partial charge is 0.225 e. The molecule has 1 aromatic carbocycles. The van der Waals surface area contributed by atoms with Crippen LogP contribution in [0.4, 0.5) is 0 Å². The lowest BCUT2D eigenvalue weighted by Gasteiger charge is -1.95. The fourth-order valence-corrected chi connectivity index (χ4v) is 1.17. The van der Waals surface area contributed by atoms with Crippen molar-refractivity contribution in [3.05, 3.63) is 29.3 Å². The van der Waals surface area contributed by atoms with Gasteiger partial charge in [-0.1, -0.05) is 11.6 Å². The molecule has 1 aromatic rings. The molecule has 0 aromatic heterocycles. The van der Waals surface area contributed by atoms with Crippen LogP contribution in [0, 0.1) is 6.07 Å². The molecule has 5 heteroatoms. The largest absolute Gasteiger partial charge is 0.238 e. The van der Waals surface area contributed by atoms with Crippen molar-refractivity contribution in [2.24, 2.45) is 5.14 Å². The van der Waals surface area contributed by atoms with Crippen LogP contribution in [0.3, 0.4) is 0 Å². The van der Waals surface area contributed by atoms with Gasteiger partial charge in [-0.25, -0.2) is 13.6 Å². The third-order valence-electron chi connectivity index (χ3n) is 1.07. The van der Waals surface area contributed by atoms with Crippen LogP contribution < -0.4 is 5.14 Å². The summed E-state index contributed by atoms with van der Waals surface area (Å²) in [6, 6.07) is 6.49. The predicted octanol–water partition coefficient (Wildman–Crippen LogP) is 0.788. The van der Waals surface area contributed by atoms with Gasteiger partial charge >= 0.3 is 0 Å². The van der Waals surface area contributed by atoms with Gasteiger partial charge in [-0.2, -0.15) is 0 Å². The van der Waals surface area contributed by atoms with E-state index in [-0.39, 0.29) is 4.90 Å². The fraction of sp³-hybridized carbons (Fsp3) is 0. The van der Waals surface area contributed by atoms with E-state index in [0.29, 0.717) is 5.02 Å². The van der Waals surface area contributed by atoms with E-state index in [9.17, 15) is 8.42 Å². The maximum Gasteiger partial charge on any atom is 0.238 e. The molecule has 3 nitrogen and oxygen atoms in total. The number of primary sulfonamides is 1. The average Bonchev–Trinajstić information content (AvgIpc) is 1.86. The van der Waals surface area contributed by atoms with Crippen LogP contribution in [0.1, 0.15) is 0 Å². The van der Waals surface area contributed by atoms with Crippen LogP contribution in [0.25, 0.3) is 0 Å². The summed E-state index contributed by atoms with van der Waals surface area (Å²) in [5.41, 5.74) is 0. The first kappa shape index (κ1) is 8.52. The molecule has 0 aliphatic heterocycles. The Kier molecular flexibility index (Phi) is 2.17. The van der Waals surface area contributed by atoms with Gasteiger partial charge in [0.2, 0.25) is 10.0 Å². The first-order valence-electron chi connectivity index (χ1n) is 2.70. The Balaban J connectivity index is 3.20. The number of sulfonamides is 1. The van der Waals surface area contributed by atoms with Crippen molar-refractivity contribution in [1.29, 1.82) is 0 Å². The van der Waals surface area contributed by atoms with Gasteiger partial charge < -0.3 is 0 Å². The van der Waals surface area contributed by atoms with Gasteiger partial charge in [0.15, 0.2) is 0 Å². The quantitative estimate of drug-likeness (QED) is 0.712. The summed E-state index contributed by atoms with van der Waals surface area (Å²) in [5, 5.41) is 5.17. The van der Waals surface area contributed by atoms with E-state index in [1.165, 1.54) is 18.2 Å². The highest BCUT2D eigenvalue weighted by Gasteiger charge is 2.05. The first-order chi connectivity index (χ1) is 5.00. The summed E-state index contributed by atoms with van der Waals surface area (Å²) in [5.74, 6) is 0. The lowest BCUT2D eigenvalue weighted by atomic mass is 10.4. The highest BCUT2D eigenvalue weighted by molar-refractivity contribution is 7.89. The molecular formula is C6H5ClNO2S. The molecule has 11 heavy (non-hydrogen) atoms. The molecule has 59 valence electrons. The van der Waals surface area contributed by atoms with E-state index >= 15 is 0 Å². The predicted molar refractivity (Wildman–Crippen MR) is 41.7 cm³/mol. The second kappa shape index (κ2) is 2.81. The first-order valence-corrected chi connectivity index (χ1v) is 4.62. The summed E-state index contributed by atoms with van der Waals surface area (Å²) in [6.45, 7) is 0. The summed E-state index contributed by atoms with van der Waals surface area (Å²) in [6.07, 6.45) is 0. The molecule has 0 spiro atoms. The van der Waals surface area contributed by atoms with Crippen LogP contribution in [0.2, 0.25) is 5.02 Å². The van der Waals surface area contributed by atoms with Crippen molar-refractivity contribution >= 4 is 21.6 Å². The molecule has 2 N–H and O–H groups in total. The monoisotopic (exact) mass is 190 g/mol. The highest BCUT2D eigenvalue weighted by Crippen LogP contribution is 2.11. The molecule has 0 amide bonds. The minimum Gasteiger partial charge on any atom is -0.225 e. The van der Waals surface area contributed by atoms with Gasteiger partial charge in [-0.15, -0.1) is 0 Å². The molecule has 0 saturated carbocycles. The molecule has 0 aliphatic carbocycles. The molecule has 0 saturated heterocycles. The summed E-state index contributed by atoms with van der Waals surface area (Å²) in [7, 11) is -3.61. The van der Waals surface area contributed by atoms with Crippen LogP contribution >= 0.6 is 11.6 Å². The SMILES string of the molecule is NS(=O)(=O)c1c[c]c(Cl)cc1. The summed E-state index contributed by atoms with van der Waals surface area (Å²) < 4.78 is 21.3. The lowest BCUT2D eigenvalue weighted by Crippen LogP contribution is -2.11.